The van der Waals surface area contributed by atoms with Gasteiger partial charge >= 0.3 is 27.6 Å². The number of aliphatic hydroxyl groups is 6. The number of allylic oxidation sites excluding steroid dienone is 10. The number of carbonyl (C=O) groups is 2. The summed E-state index contributed by atoms with van der Waals surface area (Å²) >= 11 is 0. The maximum absolute atomic E-state index is 13.0. The van der Waals surface area contributed by atoms with Crippen LogP contribution < -0.4 is 0 Å². The van der Waals surface area contributed by atoms with Gasteiger partial charge in [0.25, 0.3) is 0 Å². The molecule has 9 N–H and O–H groups in total. The third-order valence-corrected chi connectivity index (χ3v) is 11.6. The first kappa shape index (κ1) is 62.1. The third-order valence-electron chi connectivity index (χ3n) is 10.1. The third kappa shape index (κ3) is 31.8. The molecule has 384 valence electrons. The minimum Gasteiger partial charge on any atom is -0.462 e. The van der Waals surface area contributed by atoms with Gasteiger partial charge in [-0.25, -0.2) is 9.13 Å². The normalized spacial score (nSPS) is 23.1. The van der Waals surface area contributed by atoms with Crippen LogP contribution in [-0.2, 0) is 41.8 Å². The van der Waals surface area contributed by atoms with Crippen molar-refractivity contribution in [2.75, 3.05) is 13.2 Å². The van der Waals surface area contributed by atoms with Gasteiger partial charge in [0.2, 0.25) is 0 Å². The van der Waals surface area contributed by atoms with Gasteiger partial charge in [0, 0.05) is 12.8 Å². The van der Waals surface area contributed by atoms with Crippen LogP contribution >= 0.6 is 15.6 Å². The van der Waals surface area contributed by atoms with Crippen LogP contribution in [0.5, 0.6) is 0 Å². The molecule has 0 bridgehead atoms. The molecule has 20 heteroatoms. The number of ether oxygens (including phenoxy) is 2. The van der Waals surface area contributed by atoms with E-state index in [-0.39, 0.29) is 19.3 Å². The lowest BCUT2D eigenvalue weighted by molar-refractivity contribution is -0.216. The molecular weight excluding hydrogens is 914 g/mol. The van der Waals surface area contributed by atoms with Gasteiger partial charge in [-0.15, -0.1) is 0 Å². The van der Waals surface area contributed by atoms with Gasteiger partial charge in [-0.05, 0) is 64.2 Å². The van der Waals surface area contributed by atoms with Crippen LogP contribution in [0.25, 0.3) is 0 Å². The lowest BCUT2D eigenvalue weighted by atomic mass is 9.85. The van der Waals surface area contributed by atoms with Crippen LogP contribution in [0.2, 0.25) is 0 Å². The van der Waals surface area contributed by atoms with E-state index in [9.17, 15) is 54.3 Å². The molecule has 0 radical (unpaired) electrons. The fourth-order valence-electron chi connectivity index (χ4n) is 6.46. The average Bonchev–Trinajstić information content (AvgIpc) is 3.27. The largest absolute Gasteiger partial charge is 0.472 e. The minimum absolute atomic E-state index is 0.0628. The number of hydrogen-bond donors (Lipinski definition) is 9. The average molecular weight is 993 g/mol. The summed E-state index contributed by atoms with van der Waals surface area (Å²) in [6, 6.07) is 0. The molecule has 1 fully saturated rings. The maximum atomic E-state index is 13.0. The highest BCUT2D eigenvalue weighted by Crippen LogP contribution is 2.49. The van der Waals surface area contributed by atoms with Crippen LogP contribution in [0.1, 0.15) is 129 Å². The number of esters is 2. The molecule has 67 heavy (non-hydrogen) atoms. The highest BCUT2D eigenvalue weighted by atomic mass is 31.2. The second kappa shape index (κ2) is 37.0. The lowest BCUT2D eigenvalue weighted by Gasteiger charge is -2.43. The Morgan fingerprint density at radius 1 is 0.582 bits per heavy atom. The number of unbranched alkanes of at least 4 members (excludes halogenated alkanes) is 10. The quantitative estimate of drug-likeness (QED) is 0.0105. The van der Waals surface area contributed by atoms with Crippen LogP contribution in [0, 0.1) is 0 Å². The van der Waals surface area contributed by atoms with Gasteiger partial charge in [-0.2, -0.15) is 0 Å². The maximum Gasteiger partial charge on any atom is 0.472 e. The van der Waals surface area contributed by atoms with Crippen LogP contribution in [0.4, 0.5) is 0 Å². The van der Waals surface area contributed by atoms with E-state index in [0.29, 0.717) is 25.7 Å². The second-order valence-corrected chi connectivity index (χ2v) is 18.7. The number of carbonyl (C=O) groups excluding carboxylic acids is 2. The first-order valence-electron chi connectivity index (χ1n) is 23.4. The monoisotopic (exact) mass is 992 g/mol. The van der Waals surface area contributed by atoms with Gasteiger partial charge in [-0.1, -0.05) is 137 Å². The molecule has 0 aliphatic heterocycles. The Morgan fingerprint density at radius 2 is 1.16 bits per heavy atom. The molecular formula is C47H78O18P2. The van der Waals surface area contributed by atoms with E-state index in [2.05, 4.69) is 23.6 Å². The molecule has 0 saturated heterocycles. The summed E-state index contributed by atoms with van der Waals surface area (Å²) in [7, 11) is -10.8. The molecule has 0 amide bonds. The van der Waals surface area contributed by atoms with E-state index in [0.717, 1.165) is 44.9 Å². The van der Waals surface area contributed by atoms with E-state index in [1.807, 2.05) is 37.3 Å². The van der Waals surface area contributed by atoms with E-state index in [1.165, 1.54) is 31.8 Å². The standard InChI is InChI=1S/C47H78O18P2/c1-3-5-7-8-9-10-11-12-13-14-18-21-27-33-40(50)61-35-39(36-62-67(59,60)65-47-44(54)42(52)43(53)46(45(47)55)64-66(56,57)58)63-41(51)34-28-22-26-32-38(49)31-25-20-17-15-16-19-24-30-37(48)29-23-6-4-2/h6,10-11,16-17,19-20,23-26,30-32,37-39,42-49,52-55H,3-5,7-9,12-15,18,21-22,27-29,33-36H2,1-2H3,(H,59,60)(H2,56,57,58)/b11-10-,19-16-,20-17-,23-6-,30-24+,31-25+,32-26-/t37-,38-,39+,42?,43?,44?,45?,46+,47-/m0/s1. The fourth-order valence-corrected chi connectivity index (χ4v) is 8.00. The number of aliphatic hydroxyl groups excluding tert-OH is 6. The van der Waals surface area contributed by atoms with E-state index < -0.39 is 95.7 Å². The Kier molecular flexibility index (Phi) is 34.3. The van der Waals surface area contributed by atoms with Gasteiger partial charge in [-0.3, -0.25) is 23.2 Å². The molecule has 0 aromatic heterocycles. The van der Waals surface area contributed by atoms with E-state index in [1.54, 1.807) is 36.5 Å². The zero-order valence-electron chi connectivity index (χ0n) is 39.0. The van der Waals surface area contributed by atoms with Gasteiger partial charge < -0.3 is 54.8 Å². The topological polar surface area (TPSA) is 296 Å². The summed E-state index contributed by atoms with van der Waals surface area (Å²) < 4.78 is 49.2. The van der Waals surface area contributed by atoms with Gasteiger partial charge in [0.1, 0.15) is 43.2 Å². The molecule has 18 nitrogen and oxygen atoms in total. The minimum atomic E-state index is -5.39. The summed E-state index contributed by atoms with van der Waals surface area (Å²) in [5, 5.41) is 61.3. The van der Waals surface area contributed by atoms with Crippen molar-refractivity contribution in [3.05, 3.63) is 85.1 Å². The van der Waals surface area contributed by atoms with Crippen molar-refractivity contribution in [1.29, 1.82) is 0 Å². The summed E-state index contributed by atoms with van der Waals surface area (Å²) in [5.74, 6) is -1.41. The van der Waals surface area contributed by atoms with Crippen molar-refractivity contribution in [2.24, 2.45) is 0 Å². The molecule has 1 aliphatic rings. The van der Waals surface area contributed by atoms with Crippen molar-refractivity contribution in [2.45, 2.75) is 184 Å². The summed E-state index contributed by atoms with van der Waals surface area (Å²) in [6.45, 7) is 2.72. The number of rotatable bonds is 37. The van der Waals surface area contributed by atoms with E-state index >= 15 is 0 Å². The SMILES string of the molecule is CC/C=C\C[C@H](O)/C=C/C=C\C/C=C\C=C\[C@H](O)/C=C\CCCC(=O)O[C@H](COC(=O)CCCCCCC/C=C\CCCCCC)COP(=O)(O)O[C@H]1C(O)C(O)C(O)[C@@H](OP(=O)(O)O)C1O. The van der Waals surface area contributed by atoms with Crippen molar-refractivity contribution in [3.63, 3.8) is 0 Å². The molecule has 10 atom stereocenters. The Bertz CT molecular complexity index is 1660. The molecule has 0 aromatic carbocycles. The van der Waals surface area contributed by atoms with Crippen molar-refractivity contribution in [3.8, 4) is 0 Å². The van der Waals surface area contributed by atoms with Crippen molar-refractivity contribution >= 4 is 27.6 Å². The molecule has 1 aliphatic carbocycles. The molecule has 0 heterocycles. The van der Waals surface area contributed by atoms with Gasteiger partial charge in [0.15, 0.2) is 6.10 Å². The van der Waals surface area contributed by atoms with E-state index in [4.69, 9.17) is 28.3 Å². The number of phosphoric ester groups is 2. The molecule has 5 unspecified atom stereocenters. The first-order chi connectivity index (χ1) is 31.9. The molecule has 0 spiro atoms. The summed E-state index contributed by atoms with van der Waals surface area (Å²) in [4.78, 5) is 54.2. The Morgan fingerprint density at radius 3 is 1.81 bits per heavy atom. The Hall–Kier alpha value is -2.90. The first-order valence-corrected chi connectivity index (χ1v) is 26.4. The molecule has 0 aromatic rings. The van der Waals surface area contributed by atoms with Crippen LogP contribution in [-0.4, -0.2) is 125 Å². The van der Waals surface area contributed by atoms with Gasteiger partial charge in [0.05, 0.1) is 18.8 Å². The summed E-state index contributed by atoms with van der Waals surface area (Å²) in [5.41, 5.74) is 0. The highest BCUT2D eigenvalue weighted by Gasteiger charge is 2.54. The highest BCUT2D eigenvalue weighted by molar-refractivity contribution is 7.47. The lowest BCUT2D eigenvalue weighted by Crippen LogP contribution is -2.64. The predicted molar refractivity (Wildman–Crippen MR) is 253 cm³/mol. The number of hydrogen-bond acceptors (Lipinski definition) is 15. The van der Waals surface area contributed by atoms with Crippen molar-refractivity contribution in [1.82, 2.24) is 0 Å². The van der Waals surface area contributed by atoms with Crippen LogP contribution in [0.3, 0.4) is 0 Å². The Balaban J connectivity index is 2.72. The fraction of sp³-hybridized carbons (Fsp3) is 0.660. The number of phosphoric acid groups is 2. The summed E-state index contributed by atoms with van der Waals surface area (Å²) in [6.07, 6.45) is 23.2. The molecule has 1 saturated carbocycles. The smallest absolute Gasteiger partial charge is 0.462 e. The predicted octanol–water partition coefficient (Wildman–Crippen LogP) is 6.56. The van der Waals surface area contributed by atoms with Crippen molar-refractivity contribution < 1.29 is 87.1 Å². The van der Waals surface area contributed by atoms with Crippen LogP contribution in [0.15, 0.2) is 85.1 Å². The molecule has 1 rings (SSSR count). The second-order valence-electron chi connectivity index (χ2n) is 16.1. The zero-order chi connectivity index (χ0) is 49.9. The Labute approximate surface area is 396 Å². The zero-order valence-corrected chi connectivity index (χ0v) is 40.8.